The predicted molar refractivity (Wildman–Crippen MR) is 74.5 cm³/mol. The molecule has 1 aromatic rings. The molecule has 0 amide bonds. The lowest BCUT2D eigenvalue weighted by atomic mass is 10.0. The van der Waals surface area contributed by atoms with E-state index < -0.39 is 0 Å². The van der Waals surface area contributed by atoms with E-state index >= 15 is 0 Å². The summed E-state index contributed by atoms with van der Waals surface area (Å²) in [5.41, 5.74) is 1.36. The van der Waals surface area contributed by atoms with E-state index in [0.717, 1.165) is 12.5 Å². The van der Waals surface area contributed by atoms with Gasteiger partial charge in [-0.3, -0.25) is 4.90 Å². The molecule has 1 atom stereocenters. The normalized spacial score (nSPS) is 13.4. The molecule has 1 aromatic carbocycles. The largest absolute Gasteiger partial charge is 0.299 e. The van der Waals surface area contributed by atoms with E-state index in [1.165, 1.54) is 16.5 Å². The summed E-state index contributed by atoms with van der Waals surface area (Å²) in [6.45, 7) is 7.87. The van der Waals surface area contributed by atoms with Crippen LogP contribution in [-0.4, -0.2) is 18.0 Å². The Morgan fingerprint density at radius 2 is 1.81 bits per heavy atom. The van der Waals surface area contributed by atoms with Crippen molar-refractivity contribution in [2.45, 2.75) is 39.8 Å². The smallest absolute Gasteiger partial charge is 0.0244 e. The van der Waals surface area contributed by atoms with Crippen molar-refractivity contribution >= 4 is 15.9 Å². The summed E-state index contributed by atoms with van der Waals surface area (Å²) in [5.74, 6) is 0.761. The van der Waals surface area contributed by atoms with Crippen LogP contribution >= 0.6 is 15.9 Å². The molecular weight excluding hydrogens is 262 g/mol. The van der Waals surface area contributed by atoms with Crippen LogP contribution in [0.3, 0.4) is 0 Å². The van der Waals surface area contributed by atoms with Crippen molar-refractivity contribution in [1.82, 2.24) is 4.90 Å². The molecule has 0 bridgehead atoms. The molecule has 0 saturated carbocycles. The van der Waals surface area contributed by atoms with Crippen LogP contribution in [0.5, 0.6) is 0 Å². The molecule has 0 aliphatic carbocycles. The fourth-order valence-corrected chi connectivity index (χ4v) is 2.32. The molecule has 1 rings (SSSR count). The summed E-state index contributed by atoms with van der Waals surface area (Å²) in [6.07, 6.45) is 1.25. The zero-order valence-corrected chi connectivity index (χ0v) is 12.3. The molecule has 1 unspecified atom stereocenters. The van der Waals surface area contributed by atoms with Crippen molar-refractivity contribution in [3.63, 3.8) is 0 Å². The Labute approximate surface area is 108 Å². The molecular formula is C14H22BrN. The summed E-state index contributed by atoms with van der Waals surface area (Å²) >= 11 is 3.60. The van der Waals surface area contributed by atoms with E-state index in [4.69, 9.17) is 0 Å². The van der Waals surface area contributed by atoms with Crippen LogP contribution in [0, 0.1) is 5.92 Å². The zero-order valence-electron chi connectivity index (χ0n) is 10.7. The molecule has 16 heavy (non-hydrogen) atoms. The second-order valence-corrected chi connectivity index (χ2v) is 5.84. The van der Waals surface area contributed by atoms with E-state index in [1.807, 2.05) is 0 Å². The highest BCUT2D eigenvalue weighted by Crippen LogP contribution is 2.19. The maximum atomic E-state index is 3.60. The third kappa shape index (κ3) is 4.26. The first-order chi connectivity index (χ1) is 7.50. The summed E-state index contributed by atoms with van der Waals surface area (Å²) in [4.78, 5) is 2.42. The lowest BCUT2D eigenvalue weighted by Gasteiger charge is -2.26. The van der Waals surface area contributed by atoms with E-state index in [-0.39, 0.29) is 0 Å². The molecule has 0 aliphatic heterocycles. The van der Waals surface area contributed by atoms with Gasteiger partial charge in [-0.2, -0.15) is 0 Å². The minimum absolute atomic E-state index is 0.632. The number of benzene rings is 1. The molecule has 90 valence electrons. The highest BCUT2D eigenvalue weighted by Gasteiger charge is 2.12. The average molecular weight is 284 g/mol. The summed E-state index contributed by atoms with van der Waals surface area (Å²) < 4.78 is 1.21. The second kappa shape index (κ2) is 6.41. The van der Waals surface area contributed by atoms with Gasteiger partial charge in [-0.05, 0) is 37.9 Å². The number of hydrogen-bond acceptors (Lipinski definition) is 1. The van der Waals surface area contributed by atoms with Crippen LogP contribution < -0.4 is 0 Å². The first-order valence-corrected chi connectivity index (χ1v) is 6.73. The Hall–Kier alpha value is -0.340. The zero-order chi connectivity index (χ0) is 12.1. The highest BCUT2D eigenvalue weighted by atomic mass is 79.9. The molecule has 0 fully saturated rings. The standard InChI is InChI=1S/C14H22BrN/c1-11(2)9-12(3)16(4)10-13-7-5-6-8-14(13)15/h5-8,11-12H,9-10H2,1-4H3. The molecule has 0 saturated heterocycles. The Morgan fingerprint density at radius 3 is 2.38 bits per heavy atom. The van der Waals surface area contributed by atoms with Crippen LogP contribution in [0.4, 0.5) is 0 Å². The van der Waals surface area contributed by atoms with E-state index in [1.54, 1.807) is 0 Å². The van der Waals surface area contributed by atoms with Gasteiger partial charge < -0.3 is 0 Å². The third-order valence-electron chi connectivity index (χ3n) is 2.94. The maximum Gasteiger partial charge on any atom is 0.0244 e. The van der Waals surface area contributed by atoms with E-state index in [9.17, 15) is 0 Å². The van der Waals surface area contributed by atoms with Gasteiger partial charge in [0.25, 0.3) is 0 Å². The van der Waals surface area contributed by atoms with Gasteiger partial charge >= 0.3 is 0 Å². The van der Waals surface area contributed by atoms with Gasteiger partial charge in [0, 0.05) is 17.1 Å². The van der Waals surface area contributed by atoms with Crippen molar-refractivity contribution in [1.29, 1.82) is 0 Å². The van der Waals surface area contributed by atoms with Crippen LogP contribution in [-0.2, 0) is 6.54 Å². The Morgan fingerprint density at radius 1 is 1.19 bits per heavy atom. The van der Waals surface area contributed by atoms with Crippen molar-refractivity contribution in [2.24, 2.45) is 5.92 Å². The van der Waals surface area contributed by atoms with Gasteiger partial charge in [0.2, 0.25) is 0 Å². The Kier molecular flexibility index (Phi) is 5.50. The van der Waals surface area contributed by atoms with Crippen LogP contribution in [0.2, 0.25) is 0 Å². The van der Waals surface area contributed by atoms with Crippen LogP contribution in [0.1, 0.15) is 32.8 Å². The van der Waals surface area contributed by atoms with Crippen molar-refractivity contribution in [3.8, 4) is 0 Å². The summed E-state index contributed by atoms with van der Waals surface area (Å²) in [5, 5.41) is 0. The van der Waals surface area contributed by atoms with Crippen LogP contribution in [0.15, 0.2) is 28.7 Å². The second-order valence-electron chi connectivity index (χ2n) is 4.99. The molecule has 0 heterocycles. The van der Waals surface area contributed by atoms with Gasteiger partial charge in [0.1, 0.15) is 0 Å². The maximum absolute atomic E-state index is 3.60. The average Bonchev–Trinajstić information content (AvgIpc) is 2.20. The minimum atomic E-state index is 0.632. The molecule has 0 spiro atoms. The monoisotopic (exact) mass is 283 g/mol. The van der Waals surface area contributed by atoms with Gasteiger partial charge in [-0.1, -0.05) is 48.0 Å². The number of halogens is 1. The van der Waals surface area contributed by atoms with Gasteiger partial charge in [-0.15, -0.1) is 0 Å². The SMILES string of the molecule is CC(C)CC(C)N(C)Cc1ccccc1Br. The fraction of sp³-hybridized carbons (Fsp3) is 0.571. The highest BCUT2D eigenvalue weighted by molar-refractivity contribution is 9.10. The number of rotatable bonds is 5. The van der Waals surface area contributed by atoms with Gasteiger partial charge in [0.05, 0.1) is 0 Å². The van der Waals surface area contributed by atoms with Crippen molar-refractivity contribution in [2.75, 3.05) is 7.05 Å². The topological polar surface area (TPSA) is 3.24 Å². The molecule has 0 aliphatic rings. The summed E-state index contributed by atoms with van der Waals surface area (Å²) in [6, 6.07) is 9.08. The fourth-order valence-electron chi connectivity index (χ4n) is 1.91. The van der Waals surface area contributed by atoms with E-state index in [0.29, 0.717) is 6.04 Å². The number of hydrogen-bond donors (Lipinski definition) is 0. The first kappa shape index (κ1) is 13.7. The lowest BCUT2D eigenvalue weighted by molar-refractivity contribution is 0.220. The minimum Gasteiger partial charge on any atom is -0.299 e. The molecule has 0 radical (unpaired) electrons. The predicted octanol–water partition coefficient (Wildman–Crippen LogP) is 4.32. The van der Waals surface area contributed by atoms with Gasteiger partial charge in [0.15, 0.2) is 0 Å². The molecule has 0 N–H and O–H groups in total. The summed E-state index contributed by atoms with van der Waals surface area (Å²) in [7, 11) is 2.20. The Balaban J connectivity index is 2.57. The third-order valence-corrected chi connectivity index (χ3v) is 3.72. The molecule has 0 aromatic heterocycles. The quantitative estimate of drug-likeness (QED) is 0.778. The number of nitrogens with zero attached hydrogens (tertiary/aromatic N) is 1. The first-order valence-electron chi connectivity index (χ1n) is 5.94. The lowest BCUT2D eigenvalue weighted by Crippen LogP contribution is -2.29. The van der Waals surface area contributed by atoms with E-state index in [2.05, 4.69) is 72.9 Å². The van der Waals surface area contributed by atoms with Gasteiger partial charge in [-0.25, -0.2) is 0 Å². The Bertz CT molecular complexity index is 322. The van der Waals surface area contributed by atoms with Crippen molar-refractivity contribution < 1.29 is 0 Å². The molecule has 2 heteroatoms. The van der Waals surface area contributed by atoms with Crippen LogP contribution in [0.25, 0.3) is 0 Å². The molecule has 1 nitrogen and oxygen atoms in total. The van der Waals surface area contributed by atoms with Crippen molar-refractivity contribution in [3.05, 3.63) is 34.3 Å².